The Morgan fingerprint density at radius 1 is 1.15 bits per heavy atom. The Balaban J connectivity index is 1.73. The van der Waals surface area contributed by atoms with E-state index in [1.54, 1.807) is 0 Å². The summed E-state index contributed by atoms with van der Waals surface area (Å²) in [6.45, 7) is 3.59. The lowest BCUT2D eigenvalue weighted by molar-refractivity contribution is 0.0977. The molecule has 0 saturated carbocycles. The van der Waals surface area contributed by atoms with Crippen LogP contribution in [0.25, 0.3) is 0 Å². The molecule has 1 saturated heterocycles. The average Bonchev–Trinajstić information content (AvgIpc) is 2.52. The third-order valence-electron chi connectivity index (χ3n) is 3.96. The SMILES string of the molecule is C#Cc1ccccc1C(=O)CCCCN1CCCCC1. The Hall–Kier alpha value is -1.59. The summed E-state index contributed by atoms with van der Waals surface area (Å²) in [7, 11) is 0. The van der Waals surface area contributed by atoms with E-state index in [0.29, 0.717) is 17.5 Å². The van der Waals surface area contributed by atoms with Gasteiger partial charge in [-0.15, -0.1) is 6.42 Å². The van der Waals surface area contributed by atoms with Crippen molar-refractivity contribution in [1.82, 2.24) is 4.90 Å². The first-order valence-electron chi connectivity index (χ1n) is 7.62. The van der Waals surface area contributed by atoms with Gasteiger partial charge in [0.25, 0.3) is 0 Å². The Bertz CT molecular complexity index is 480. The Kier molecular flexibility index (Phi) is 5.83. The zero-order valence-corrected chi connectivity index (χ0v) is 12.1. The van der Waals surface area contributed by atoms with Gasteiger partial charge in [0.15, 0.2) is 5.78 Å². The highest BCUT2D eigenvalue weighted by molar-refractivity contribution is 5.98. The molecule has 2 nitrogen and oxygen atoms in total. The van der Waals surface area contributed by atoms with E-state index in [-0.39, 0.29) is 5.78 Å². The number of likely N-dealkylation sites (tertiary alicyclic amines) is 1. The molecule has 0 bridgehead atoms. The minimum Gasteiger partial charge on any atom is -0.303 e. The Morgan fingerprint density at radius 3 is 2.65 bits per heavy atom. The molecule has 0 unspecified atom stereocenters. The first-order valence-corrected chi connectivity index (χ1v) is 7.62. The predicted octanol–water partition coefficient (Wildman–Crippen LogP) is 3.51. The fourth-order valence-electron chi connectivity index (χ4n) is 2.79. The van der Waals surface area contributed by atoms with Gasteiger partial charge in [0.05, 0.1) is 0 Å². The van der Waals surface area contributed by atoms with Crippen molar-refractivity contribution in [3.05, 3.63) is 35.4 Å². The predicted molar refractivity (Wildman–Crippen MR) is 82.8 cm³/mol. The number of benzene rings is 1. The summed E-state index contributed by atoms with van der Waals surface area (Å²) in [5.74, 6) is 2.77. The van der Waals surface area contributed by atoms with Gasteiger partial charge in [-0.1, -0.05) is 30.5 Å². The second-order valence-electron chi connectivity index (χ2n) is 5.47. The Labute approximate surface area is 122 Å². The molecule has 0 aliphatic carbocycles. The van der Waals surface area contributed by atoms with Crippen LogP contribution in [0.2, 0.25) is 0 Å². The van der Waals surface area contributed by atoms with Gasteiger partial charge in [-0.2, -0.15) is 0 Å². The molecule has 0 amide bonds. The number of carbonyl (C=O) groups is 1. The maximum absolute atomic E-state index is 12.2. The van der Waals surface area contributed by atoms with E-state index < -0.39 is 0 Å². The molecular formula is C18H23NO. The quantitative estimate of drug-likeness (QED) is 0.447. The molecule has 1 aliphatic rings. The van der Waals surface area contributed by atoms with Gasteiger partial charge in [-0.05, 0) is 51.4 Å². The molecule has 1 aromatic rings. The Morgan fingerprint density at radius 2 is 1.90 bits per heavy atom. The van der Waals surface area contributed by atoms with Crippen LogP contribution in [0.3, 0.4) is 0 Å². The highest BCUT2D eigenvalue weighted by atomic mass is 16.1. The summed E-state index contributed by atoms with van der Waals surface area (Å²) < 4.78 is 0. The fourth-order valence-corrected chi connectivity index (χ4v) is 2.79. The molecule has 1 aliphatic heterocycles. The van der Waals surface area contributed by atoms with Gasteiger partial charge in [-0.25, -0.2) is 0 Å². The monoisotopic (exact) mass is 269 g/mol. The molecule has 1 heterocycles. The van der Waals surface area contributed by atoms with Crippen molar-refractivity contribution in [3.8, 4) is 12.3 Å². The van der Waals surface area contributed by atoms with E-state index in [1.807, 2.05) is 24.3 Å². The number of ketones is 1. The summed E-state index contributed by atoms with van der Waals surface area (Å²) in [5.41, 5.74) is 1.42. The van der Waals surface area contributed by atoms with Crippen molar-refractivity contribution < 1.29 is 4.79 Å². The third kappa shape index (κ3) is 4.21. The molecule has 20 heavy (non-hydrogen) atoms. The summed E-state index contributed by atoms with van der Waals surface area (Å²) in [6, 6.07) is 7.42. The number of unbranched alkanes of at least 4 members (excludes halogenated alkanes) is 1. The van der Waals surface area contributed by atoms with Crippen LogP contribution in [0, 0.1) is 12.3 Å². The van der Waals surface area contributed by atoms with Crippen LogP contribution in [-0.2, 0) is 0 Å². The third-order valence-corrected chi connectivity index (χ3v) is 3.96. The van der Waals surface area contributed by atoms with Crippen molar-refractivity contribution in [2.45, 2.75) is 38.5 Å². The van der Waals surface area contributed by atoms with E-state index in [0.717, 1.165) is 19.4 Å². The molecule has 0 atom stereocenters. The minimum atomic E-state index is 0.178. The van der Waals surface area contributed by atoms with Gasteiger partial charge in [0.1, 0.15) is 0 Å². The largest absolute Gasteiger partial charge is 0.303 e. The van der Waals surface area contributed by atoms with Gasteiger partial charge in [0.2, 0.25) is 0 Å². The van der Waals surface area contributed by atoms with Gasteiger partial charge < -0.3 is 4.90 Å². The lowest BCUT2D eigenvalue weighted by Crippen LogP contribution is -2.30. The highest BCUT2D eigenvalue weighted by Crippen LogP contribution is 2.13. The fraction of sp³-hybridized carbons (Fsp3) is 0.500. The molecule has 0 aromatic heterocycles. The first kappa shape index (κ1) is 14.8. The summed E-state index contributed by atoms with van der Waals surface area (Å²) in [5, 5.41) is 0. The molecule has 1 aromatic carbocycles. The van der Waals surface area contributed by atoms with Crippen LogP contribution < -0.4 is 0 Å². The summed E-state index contributed by atoms with van der Waals surface area (Å²) in [6.07, 6.45) is 12.1. The average molecular weight is 269 g/mol. The van der Waals surface area contributed by atoms with Crippen LogP contribution in [0.15, 0.2) is 24.3 Å². The van der Waals surface area contributed by atoms with E-state index in [4.69, 9.17) is 6.42 Å². The molecule has 0 N–H and O–H groups in total. The van der Waals surface area contributed by atoms with Crippen molar-refractivity contribution in [2.24, 2.45) is 0 Å². The van der Waals surface area contributed by atoms with E-state index in [1.165, 1.54) is 32.4 Å². The molecule has 1 fully saturated rings. The second-order valence-corrected chi connectivity index (χ2v) is 5.47. The molecular weight excluding hydrogens is 246 g/mol. The van der Waals surface area contributed by atoms with Crippen LogP contribution >= 0.6 is 0 Å². The first-order chi connectivity index (χ1) is 9.81. The lowest BCUT2D eigenvalue weighted by atomic mass is 10.00. The van der Waals surface area contributed by atoms with E-state index in [2.05, 4.69) is 10.8 Å². The highest BCUT2D eigenvalue weighted by Gasteiger charge is 2.11. The summed E-state index contributed by atoms with van der Waals surface area (Å²) >= 11 is 0. The number of carbonyl (C=O) groups excluding carboxylic acids is 1. The lowest BCUT2D eigenvalue weighted by Gasteiger charge is -2.26. The van der Waals surface area contributed by atoms with Gasteiger partial charge in [0, 0.05) is 17.5 Å². The maximum atomic E-state index is 12.2. The molecule has 2 rings (SSSR count). The molecule has 106 valence electrons. The van der Waals surface area contributed by atoms with Gasteiger partial charge >= 0.3 is 0 Å². The van der Waals surface area contributed by atoms with Gasteiger partial charge in [-0.3, -0.25) is 4.79 Å². The van der Waals surface area contributed by atoms with Crippen LogP contribution in [0.4, 0.5) is 0 Å². The van der Waals surface area contributed by atoms with Crippen molar-refractivity contribution in [2.75, 3.05) is 19.6 Å². The number of hydrogen-bond acceptors (Lipinski definition) is 2. The molecule has 0 radical (unpaired) electrons. The molecule has 2 heteroatoms. The van der Waals surface area contributed by atoms with Crippen molar-refractivity contribution >= 4 is 5.78 Å². The number of hydrogen-bond donors (Lipinski definition) is 0. The van der Waals surface area contributed by atoms with E-state index >= 15 is 0 Å². The topological polar surface area (TPSA) is 20.3 Å². The number of terminal acetylenes is 1. The number of Topliss-reactive ketones (excluding diaryl/α,β-unsaturated/α-hetero) is 1. The minimum absolute atomic E-state index is 0.178. The van der Waals surface area contributed by atoms with Crippen molar-refractivity contribution in [1.29, 1.82) is 0 Å². The summed E-state index contributed by atoms with van der Waals surface area (Å²) in [4.78, 5) is 14.7. The smallest absolute Gasteiger partial charge is 0.164 e. The number of piperidine rings is 1. The number of rotatable bonds is 6. The van der Waals surface area contributed by atoms with Crippen LogP contribution in [0.5, 0.6) is 0 Å². The molecule has 0 spiro atoms. The number of nitrogens with zero attached hydrogens (tertiary/aromatic N) is 1. The maximum Gasteiger partial charge on any atom is 0.164 e. The zero-order chi connectivity index (χ0) is 14.2. The standard InChI is InChI=1S/C18H23NO/c1-2-16-10-4-5-11-17(16)18(20)12-6-9-15-19-13-7-3-8-14-19/h1,4-5,10-11H,3,6-9,12-15H2. The second kappa shape index (κ2) is 7.87. The van der Waals surface area contributed by atoms with E-state index in [9.17, 15) is 4.79 Å². The zero-order valence-electron chi connectivity index (χ0n) is 12.1. The van der Waals surface area contributed by atoms with Crippen molar-refractivity contribution in [3.63, 3.8) is 0 Å². The van der Waals surface area contributed by atoms with Crippen LogP contribution in [-0.4, -0.2) is 30.3 Å². The normalized spacial score (nSPS) is 15.8. The van der Waals surface area contributed by atoms with Crippen LogP contribution in [0.1, 0.15) is 54.4 Å².